The predicted octanol–water partition coefficient (Wildman–Crippen LogP) is 4.24. The van der Waals surface area contributed by atoms with Crippen molar-refractivity contribution in [3.05, 3.63) is 82.9 Å². The summed E-state index contributed by atoms with van der Waals surface area (Å²) in [6, 6.07) is 20.7. The molecule has 3 heterocycles. The molecule has 2 aromatic carbocycles. The first-order chi connectivity index (χ1) is 15.2. The highest BCUT2D eigenvalue weighted by Crippen LogP contribution is 2.50. The molecule has 6 rings (SSSR count). The monoisotopic (exact) mass is 411 g/mol. The van der Waals surface area contributed by atoms with Crippen LogP contribution in [0.15, 0.2) is 71.7 Å². The van der Waals surface area contributed by atoms with Crippen molar-refractivity contribution < 1.29 is 5.11 Å². The average molecular weight is 412 g/mol. The number of benzene rings is 2. The number of fused-ring (bicyclic) bond motifs is 2. The van der Waals surface area contributed by atoms with Gasteiger partial charge < -0.3 is 14.6 Å². The van der Waals surface area contributed by atoms with Crippen LogP contribution in [0.1, 0.15) is 36.9 Å². The van der Waals surface area contributed by atoms with Gasteiger partial charge in [0.1, 0.15) is 0 Å². The molecular weight excluding hydrogens is 386 g/mol. The van der Waals surface area contributed by atoms with Crippen molar-refractivity contribution in [1.29, 1.82) is 0 Å². The van der Waals surface area contributed by atoms with Crippen LogP contribution in [0.25, 0.3) is 21.7 Å². The van der Waals surface area contributed by atoms with E-state index in [0.717, 1.165) is 65.4 Å². The summed E-state index contributed by atoms with van der Waals surface area (Å²) in [5.41, 5.74) is 3.14. The van der Waals surface area contributed by atoms with Crippen LogP contribution in [-0.4, -0.2) is 33.9 Å². The number of aromatic nitrogens is 2. The van der Waals surface area contributed by atoms with E-state index in [0.29, 0.717) is 0 Å². The highest BCUT2D eigenvalue weighted by atomic mass is 16.3. The first kappa shape index (κ1) is 18.6. The van der Waals surface area contributed by atoms with Crippen LogP contribution in [0, 0.1) is 0 Å². The van der Waals surface area contributed by atoms with Crippen LogP contribution < -0.4 is 10.5 Å². The molecule has 31 heavy (non-hydrogen) atoms. The van der Waals surface area contributed by atoms with E-state index >= 15 is 0 Å². The molecule has 2 aromatic heterocycles. The lowest BCUT2D eigenvalue weighted by Crippen LogP contribution is -2.36. The molecule has 1 N–H and O–H groups in total. The SMILES string of the molecule is O=c1c2c(N3CCC(O)CC3)cccc2ccn1[C@@H]1CC1c1ccc2ccccc2n1. The first-order valence-electron chi connectivity index (χ1n) is 11.1. The van der Waals surface area contributed by atoms with Gasteiger partial charge in [-0.1, -0.05) is 36.4 Å². The maximum Gasteiger partial charge on any atom is 0.260 e. The van der Waals surface area contributed by atoms with E-state index in [-0.39, 0.29) is 23.6 Å². The zero-order chi connectivity index (χ0) is 20.9. The lowest BCUT2D eigenvalue weighted by Gasteiger charge is -2.32. The van der Waals surface area contributed by atoms with E-state index in [2.05, 4.69) is 29.2 Å². The third kappa shape index (κ3) is 3.20. The van der Waals surface area contributed by atoms with Crippen molar-refractivity contribution in [3.8, 4) is 0 Å². The number of nitrogens with zero attached hydrogens (tertiary/aromatic N) is 3. The molecule has 1 saturated carbocycles. The Morgan fingerprint density at radius 1 is 0.903 bits per heavy atom. The molecule has 4 aromatic rings. The number of para-hydroxylation sites is 1. The summed E-state index contributed by atoms with van der Waals surface area (Å²) < 4.78 is 1.91. The van der Waals surface area contributed by atoms with Crippen molar-refractivity contribution in [2.75, 3.05) is 18.0 Å². The number of pyridine rings is 2. The Bertz CT molecular complexity index is 1340. The zero-order valence-corrected chi connectivity index (χ0v) is 17.3. The van der Waals surface area contributed by atoms with Gasteiger partial charge in [-0.2, -0.15) is 0 Å². The van der Waals surface area contributed by atoms with Crippen LogP contribution in [0.3, 0.4) is 0 Å². The Labute approximate surface area is 180 Å². The van der Waals surface area contributed by atoms with Crippen LogP contribution >= 0.6 is 0 Å². The molecule has 0 spiro atoms. The van der Waals surface area contributed by atoms with Crippen LogP contribution in [0.2, 0.25) is 0 Å². The third-order valence-corrected chi connectivity index (χ3v) is 6.86. The van der Waals surface area contributed by atoms with Crippen molar-refractivity contribution in [1.82, 2.24) is 9.55 Å². The molecule has 1 saturated heterocycles. The van der Waals surface area contributed by atoms with Gasteiger partial charge in [0.15, 0.2) is 0 Å². The molecule has 1 aliphatic carbocycles. The number of aliphatic hydroxyl groups is 1. The van der Waals surface area contributed by atoms with Crippen molar-refractivity contribution in [3.63, 3.8) is 0 Å². The fourth-order valence-corrected chi connectivity index (χ4v) is 5.01. The summed E-state index contributed by atoms with van der Waals surface area (Å²) in [6.07, 6.45) is 4.14. The number of anilines is 1. The van der Waals surface area contributed by atoms with E-state index in [1.165, 1.54) is 0 Å². The van der Waals surface area contributed by atoms with Gasteiger partial charge in [0, 0.05) is 42.3 Å². The largest absolute Gasteiger partial charge is 0.393 e. The van der Waals surface area contributed by atoms with Crippen LogP contribution in [0.5, 0.6) is 0 Å². The van der Waals surface area contributed by atoms with E-state index in [1.807, 2.05) is 47.2 Å². The Morgan fingerprint density at radius 3 is 2.58 bits per heavy atom. The fourth-order valence-electron chi connectivity index (χ4n) is 5.01. The van der Waals surface area contributed by atoms with E-state index in [1.54, 1.807) is 0 Å². The second-order valence-electron chi connectivity index (χ2n) is 8.83. The molecule has 2 aliphatic rings. The van der Waals surface area contributed by atoms with Gasteiger partial charge in [-0.15, -0.1) is 0 Å². The standard InChI is InChI=1S/C26H25N3O2/c30-19-11-13-28(14-12-19)23-7-3-5-18-10-15-29(26(31)25(18)23)24-16-20(24)22-9-8-17-4-1-2-6-21(17)27-22/h1-10,15,19-20,24,30H,11-14,16H2/t20?,24-/m1/s1. The summed E-state index contributed by atoms with van der Waals surface area (Å²) in [5, 5.41) is 12.8. The van der Waals surface area contributed by atoms with Gasteiger partial charge in [0.2, 0.25) is 0 Å². The van der Waals surface area contributed by atoms with Gasteiger partial charge in [-0.25, -0.2) is 0 Å². The first-order valence-corrected chi connectivity index (χ1v) is 11.1. The average Bonchev–Trinajstić information content (AvgIpc) is 3.60. The Balaban J connectivity index is 1.36. The normalized spacial score (nSPS) is 21.6. The van der Waals surface area contributed by atoms with E-state index in [9.17, 15) is 9.90 Å². The second-order valence-corrected chi connectivity index (χ2v) is 8.83. The summed E-state index contributed by atoms with van der Waals surface area (Å²) in [6.45, 7) is 1.56. The van der Waals surface area contributed by atoms with Gasteiger partial charge in [-0.3, -0.25) is 9.78 Å². The smallest absolute Gasteiger partial charge is 0.260 e. The molecule has 156 valence electrons. The van der Waals surface area contributed by atoms with E-state index in [4.69, 9.17) is 4.98 Å². The lowest BCUT2D eigenvalue weighted by atomic mass is 10.0. The van der Waals surface area contributed by atoms with Gasteiger partial charge in [0.25, 0.3) is 5.56 Å². The lowest BCUT2D eigenvalue weighted by molar-refractivity contribution is 0.145. The van der Waals surface area contributed by atoms with Gasteiger partial charge in [-0.05, 0) is 48.9 Å². The number of piperidine rings is 1. The minimum atomic E-state index is -0.232. The fraction of sp³-hybridized carbons (Fsp3) is 0.308. The summed E-state index contributed by atoms with van der Waals surface area (Å²) in [5.74, 6) is 0.275. The second kappa shape index (κ2) is 7.20. The molecule has 1 aliphatic heterocycles. The molecule has 0 radical (unpaired) electrons. The number of hydrogen-bond donors (Lipinski definition) is 1. The summed E-state index contributed by atoms with van der Waals surface area (Å²) in [7, 11) is 0. The predicted molar refractivity (Wildman–Crippen MR) is 124 cm³/mol. The van der Waals surface area contributed by atoms with Gasteiger partial charge in [0.05, 0.1) is 22.7 Å². The van der Waals surface area contributed by atoms with Crippen LogP contribution in [0.4, 0.5) is 5.69 Å². The zero-order valence-electron chi connectivity index (χ0n) is 17.3. The van der Waals surface area contributed by atoms with Crippen molar-refractivity contribution in [2.45, 2.75) is 37.3 Å². The van der Waals surface area contributed by atoms with Crippen molar-refractivity contribution >= 4 is 27.4 Å². The van der Waals surface area contributed by atoms with E-state index < -0.39 is 0 Å². The molecule has 0 bridgehead atoms. The number of hydrogen-bond acceptors (Lipinski definition) is 4. The highest BCUT2D eigenvalue weighted by Gasteiger charge is 2.41. The minimum absolute atomic E-state index is 0.0764. The molecule has 0 amide bonds. The quantitative estimate of drug-likeness (QED) is 0.548. The van der Waals surface area contributed by atoms with Gasteiger partial charge >= 0.3 is 0 Å². The molecule has 1 unspecified atom stereocenters. The minimum Gasteiger partial charge on any atom is -0.393 e. The Kier molecular flexibility index (Phi) is 4.32. The topological polar surface area (TPSA) is 58.4 Å². The molecule has 2 atom stereocenters. The number of aliphatic hydroxyl groups excluding tert-OH is 1. The summed E-state index contributed by atoms with van der Waals surface area (Å²) in [4.78, 5) is 20.7. The molecule has 5 nitrogen and oxygen atoms in total. The maximum atomic E-state index is 13.6. The van der Waals surface area contributed by atoms with Crippen LogP contribution in [-0.2, 0) is 0 Å². The summed E-state index contributed by atoms with van der Waals surface area (Å²) >= 11 is 0. The Hall–Kier alpha value is -3.18. The highest BCUT2D eigenvalue weighted by molar-refractivity contribution is 5.93. The third-order valence-electron chi connectivity index (χ3n) is 6.86. The number of rotatable bonds is 3. The molecule has 5 heteroatoms. The molecular formula is C26H25N3O2. The Morgan fingerprint density at radius 2 is 1.71 bits per heavy atom. The van der Waals surface area contributed by atoms with Crippen molar-refractivity contribution in [2.24, 2.45) is 0 Å². The molecule has 2 fully saturated rings. The maximum absolute atomic E-state index is 13.6.